The average molecular weight is 223 g/mol. The van der Waals surface area contributed by atoms with Gasteiger partial charge in [0, 0.05) is 12.6 Å². The molecule has 1 aliphatic carbocycles. The van der Waals surface area contributed by atoms with Crippen molar-refractivity contribution in [3.8, 4) is 6.07 Å². The topological polar surface area (TPSA) is 39.1 Å². The Morgan fingerprint density at radius 3 is 2.56 bits per heavy atom. The predicted octanol–water partition coefficient (Wildman–Crippen LogP) is 2.14. The lowest BCUT2D eigenvalue weighted by molar-refractivity contribution is 0.209. The van der Waals surface area contributed by atoms with Crippen LogP contribution in [-0.4, -0.2) is 36.1 Å². The lowest BCUT2D eigenvalue weighted by atomic mass is 10.0. The zero-order chi connectivity index (χ0) is 12.0. The van der Waals surface area contributed by atoms with Gasteiger partial charge in [-0.05, 0) is 39.3 Å². The van der Waals surface area contributed by atoms with E-state index in [1.54, 1.807) is 0 Å². The molecule has 0 aromatic heterocycles. The Morgan fingerprint density at radius 1 is 1.44 bits per heavy atom. The second kappa shape index (κ2) is 6.22. The van der Waals surface area contributed by atoms with E-state index in [-0.39, 0.29) is 5.54 Å². The summed E-state index contributed by atoms with van der Waals surface area (Å²) < 4.78 is 0. The Morgan fingerprint density at radius 2 is 2.12 bits per heavy atom. The van der Waals surface area contributed by atoms with E-state index in [1.165, 1.54) is 25.7 Å². The van der Waals surface area contributed by atoms with Gasteiger partial charge in [0.1, 0.15) is 5.54 Å². The fourth-order valence-electron chi connectivity index (χ4n) is 2.12. The van der Waals surface area contributed by atoms with Crippen molar-refractivity contribution in [3.63, 3.8) is 0 Å². The molecule has 3 nitrogen and oxygen atoms in total. The van der Waals surface area contributed by atoms with Crippen LogP contribution in [0.4, 0.5) is 0 Å². The van der Waals surface area contributed by atoms with Crippen LogP contribution < -0.4 is 5.32 Å². The molecular weight excluding hydrogens is 198 g/mol. The summed E-state index contributed by atoms with van der Waals surface area (Å²) in [5, 5.41) is 12.5. The Bertz CT molecular complexity index is 242. The van der Waals surface area contributed by atoms with Crippen LogP contribution in [-0.2, 0) is 0 Å². The molecule has 0 radical (unpaired) electrons. The highest BCUT2D eigenvalue weighted by Crippen LogP contribution is 2.28. The van der Waals surface area contributed by atoms with Crippen LogP contribution in [0.25, 0.3) is 0 Å². The van der Waals surface area contributed by atoms with E-state index in [9.17, 15) is 5.26 Å². The summed E-state index contributed by atoms with van der Waals surface area (Å²) in [7, 11) is 0. The van der Waals surface area contributed by atoms with E-state index in [0.29, 0.717) is 0 Å². The van der Waals surface area contributed by atoms with Gasteiger partial charge in [-0.15, -0.1) is 0 Å². The normalized spacial score (nSPS) is 19.4. The molecule has 1 unspecified atom stereocenters. The van der Waals surface area contributed by atoms with E-state index in [4.69, 9.17) is 0 Å². The van der Waals surface area contributed by atoms with Crippen molar-refractivity contribution in [1.82, 2.24) is 10.2 Å². The van der Waals surface area contributed by atoms with E-state index in [0.717, 1.165) is 25.7 Å². The molecule has 0 amide bonds. The van der Waals surface area contributed by atoms with Gasteiger partial charge in [0.2, 0.25) is 0 Å². The first-order chi connectivity index (χ1) is 7.65. The number of hydrogen-bond acceptors (Lipinski definition) is 3. The van der Waals surface area contributed by atoms with Crippen molar-refractivity contribution in [3.05, 3.63) is 0 Å². The van der Waals surface area contributed by atoms with Gasteiger partial charge in [-0.3, -0.25) is 10.2 Å². The van der Waals surface area contributed by atoms with E-state index < -0.39 is 0 Å². The zero-order valence-corrected chi connectivity index (χ0v) is 10.9. The SMILES string of the molecule is CCCCN(CC(C)(C#N)NCC)C1CC1. The minimum atomic E-state index is -0.384. The number of likely N-dealkylation sites (N-methyl/N-ethyl adjacent to an activating group) is 1. The summed E-state index contributed by atoms with van der Waals surface area (Å²) in [6.07, 6.45) is 5.10. The number of nitriles is 1. The first kappa shape index (κ1) is 13.5. The molecule has 92 valence electrons. The van der Waals surface area contributed by atoms with E-state index in [1.807, 2.05) is 6.92 Å². The second-order valence-corrected chi connectivity index (χ2v) is 5.03. The maximum absolute atomic E-state index is 9.25. The van der Waals surface area contributed by atoms with Crippen molar-refractivity contribution >= 4 is 0 Å². The van der Waals surface area contributed by atoms with Gasteiger partial charge in [-0.1, -0.05) is 20.3 Å². The highest BCUT2D eigenvalue weighted by molar-refractivity contribution is 5.07. The molecule has 1 fully saturated rings. The molecule has 1 atom stereocenters. The first-order valence-corrected chi connectivity index (χ1v) is 6.55. The summed E-state index contributed by atoms with van der Waals surface area (Å²) in [5.41, 5.74) is -0.384. The third-order valence-corrected chi connectivity index (χ3v) is 3.20. The lowest BCUT2D eigenvalue weighted by Gasteiger charge is -2.31. The zero-order valence-electron chi connectivity index (χ0n) is 10.9. The molecule has 0 aromatic carbocycles. The summed E-state index contributed by atoms with van der Waals surface area (Å²) >= 11 is 0. The van der Waals surface area contributed by atoms with Gasteiger partial charge in [0.05, 0.1) is 6.07 Å². The third kappa shape index (κ3) is 4.11. The standard InChI is InChI=1S/C13H25N3/c1-4-6-9-16(12-7-8-12)11-13(3,10-14)15-5-2/h12,15H,4-9,11H2,1-3H3. The van der Waals surface area contributed by atoms with E-state index >= 15 is 0 Å². The van der Waals surface area contributed by atoms with Gasteiger partial charge < -0.3 is 0 Å². The first-order valence-electron chi connectivity index (χ1n) is 6.55. The molecule has 0 saturated heterocycles. The van der Waals surface area contributed by atoms with Gasteiger partial charge in [0.25, 0.3) is 0 Å². The largest absolute Gasteiger partial charge is 0.299 e. The highest BCUT2D eigenvalue weighted by atomic mass is 15.2. The average Bonchev–Trinajstić information content (AvgIpc) is 3.08. The number of unbranched alkanes of at least 4 members (excludes halogenated alkanes) is 1. The molecule has 1 rings (SSSR count). The molecule has 0 heterocycles. The Balaban J connectivity index is 2.48. The fraction of sp³-hybridized carbons (Fsp3) is 0.923. The van der Waals surface area contributed by atoms with Crippen LogP contribution in [0, 0.1) is 11.3 Å². The predicted molar refractivity (Wildman–Crippen MR) is 67.2 cm³/mol. The Hall–Kier alpha value is -0.590. The molecule has 3 heteroatoms. The van der Waals surface area contributed by atoms with Gasteiger partial charge >= 0.3 is 0 Å². The Kier molecular flexibility index (Phi) is 5.24. The Labute approximate surface area is 99.8 Å². The number of rotatable bonds is 8. The summed E-state index contributed by atoms with van der Waals surface area (Å²) in [6.45, 7) is 9.15. The third-order valence-electron chi connectivity index (χ3n) is 3.20. The maximum Gasteiger partial charge on any atom is 0.116 e. The molecule has 0 aromatic rings. The molecular formula is C13H25N3. The van der Waals surface area contributed by atoms with Crippen LogP contribution in [0.1, 0.15) is 46.5 Å². The molecule has 1 saturated carbocycles. The monoisotopic (exact) mass is 223 g/mol. The van der Waals surface area contributed by atoms with Crippen molar-refractivity contribution in [2.24, 2.45) is 0 Å². The molecule has 0 bridgehead atoms. The van der Waals surface area contributed by atoms with E-state index in [2.05, 4.69) is 30.1 Å². The summed E-state index contributed by atoms with van der Waals surface area (Å²) in [4.78, 5) is 2.50. The minimum Gasteiger partial charge on any atom is -0.299 e. The molecule has 0 spiro atoms. The van der Waals surface area contributed by atoms with Gasteiger partial charge in [-0.25, -0.2) is 0 Å². The second-order valence-electron chi connectivity index (χ2n) is 5.03. The number of hydrogen-bond donors (Lipinski definition) is 1. The number of nitrogens with zero attached hydrogens (tertiary/aromatic N) is 2. The van der Waals surface area contributed by atoms with Crippen LogP contribution in [0.2, 0.25) is 0 Å². The maximum atomic E-state index is 9.25. The quantitative estimate of drug-likeness (QED) is 0.685. The van der Waals surface area contributed by atoms with Crippen molar-refractivity contribution < 1.29 is 0 Å². The summed E-state index contributed by atoms with van der Waals surface area (Å²) in [5.74, 6) is 0. The van der Waals surface area contributed by atoms with Crippen LogP contribution in [0.5, 0.6) is 0 Å². The molecule has 16 heavy (non-hydrogen) atoms. The molecule has 0 aliphatic heterocycles. The van der Waals surface area contributed by atoms with Gasteiger partial charge in [-0.2, -0.15) is 5.26 Å². The van der Waals surface area contributed by atoms with Crippen LogP contribution in [0.15, 0.2) is 0 Å². The van der Waals surface area contributed by atoms with Gasteiger partial charge in [0.15, 0.2) is 0 Å². The number of nitrogens with one attached hydrogen (secondary N) is 1. The summed E-state index contributed by atoms with van der Waals surface area (Å²) in [6, 6.07) is 3.16. The smallest absolute Gasteiger partial charge is 0.116 e. The lowest BCUT2D eigenvalue weighted by Crippen LogP contribution is -2.51. The van der Waals surface area contributed by atoms with Crippen molar-refractivity contribution in [2.45, 2.75) is 58.0 Å². The highest BCUT2D eigenvalue weighted by Gasteiger charge is 2.34. The fourth-order valence-corrected chi connectivity index (χ4v) is 2.12. The minimum absolute atomic E-state index is 0.384. The molecule has 1 N–H and O–H groups in total. The van der Waals surface area contributed by atoms with Crippen LogP contribution >= 0.6 is 0 Å². The van der Waals surface area contributed by atoms with Crippen LogP contribution in [0.3, 0.4) is 0 Å². The van der Waals surface area contributed by atoms with Crippen molar-refractivity contribution in [1.29, 1.82) is 5.26 Å². The van der Waals surface area contributed by atoms with Crippen molar-refractivity contribution in [2.75, 3.05) is 19.6 Å². The molecule has 1 aliphatic rings.